The number of hydrogen-bond donors (Lipinski definition) is 2. The molecule has 0 bridgehead atoms. The average molecular weight is 201 g/mol. The van der Waals surface area contributed by atoms with Crippen LogP contribution in [0.3, 0.4) is 0 Å². The van der Waals surface area contributed by atoms with E-state index in [2.05, 4.69) is 12.2 Å². The van der Waals surface area contributed by atoms with Gasteiger partial charge in [0.2, 0.25) is 0 Å². The van der Waals surface area contributed by atoms with E-state index in [1.807, 2.05) is 13.8 Å². The van der Waals surface area contributed by atoms with Crippen LogP contribution in [0.2, 0.25) is 0 Å². The molecule has 84 valence electrons. The van der Waals surface area contributed by atoms with Gasteiger partial charge in [-0.1, -0.05) is 0 Å². The summed E-state index contributed by atoms with van der Waals surface area (Å²) in [7, 11) is 0. The third-order valence-corrected chi connectivity index (χ3v) is 2.58. The molecule has 1 rings (SSSR count). The minimum Gasteiger partial charge on any atom is -0.394 e. The maximum absolute atomic E-state index is 9.31. The number of nitrogens with one attached hydrogen (secondary N) is 1. The molecular weight excluding hydrogens is 178 g/mol. The Morgan fingerprint density at radius 2 is 2.14 bits per heavy atom. The molecule has 1 saturated carbocycles. The van der Waals surface area contributed by atoms with Crippen molar-refractivity contribution in [1.29, 1.82) is 0 Å². The van der Waals surface area contributed by atoms with E-state index in [-0.39, 0.29) is 18.2 Å². The molecule has 0 aromatic heterocycles. The highest BCUT2D eigenvalue weighted by Gasteiger charge is 2.31. The molecule has 14 heavy (non-hydrogen) atoms. The highest BCUT2D eigenvalue weighted by atomic mass is 16.5. The van der Waals surface area contributed by atoms with Gasteiger partial charge in [0.15, 0.2) is 0 Å². The summed E-state index contributed by atoms with van der Waals surface area (Å²) in [6.07, 6.45) is 3.65. The Labute approximate surface area is 86.8 Å². The first-order valence-electron chi connectivity index (χ1n) is 5.56. The summed E-state index contributed by atoms with van der Waals surface area (Å²) in [6, 6.07) is 0.631. The van der Waals surface area contributed by atoms with Crippen LogP contribution in [-0.4, -0.2) is 36.0 Å². The molecule has 0 spiro atoms. The Bertz CT molecular complexity index is 169. The fraction of sp³-hybridized carbons (Fsp3) is 1.00. The van der Waals surface area contributed by atoms with E-state index in [4.69, 9.17) is 4.74 Å². The second kappa shape index (κ2) is 5.10. The summed E-state index contributed by atoms with van der Waals surface area (Å²) in [5.41, 5.74) is -0.157. The topological polar surface area (TPSA) is 41.5 Å². The van der Waals surface area contributed by atoms with Gasteiger partial charge in [-0.05, 0) is 40.0 Å². The number of ether oxygens (including phenoxy) is 1. The standard InChI is InChI=1S/C11H23NO2/c1-9(2)14-7-6-11(3,8-13)12-10-4-5-10/h9-10,12-13H,4-8H2,1-3H3. The molecule has 0 aromatic rings. The molecule has 0 aromatic carbocycles. The van der Waals surface area contributed by atoms with Crippen LogP contribution in [0.4, 0.5) is 0 Å². The lowest BCUT2D eigenvalue weighted by atomic mass is 9.99. The predicted molar refractivity (Wildman–Crippen MR) is 57.4 cm³/mol. The van der Waals surface area contributed by atoms with Gasteiger partial charge in [-0.15, -0.1) is 0 Å². The third-order valence-electron chi connectivity index (χ3n) is 2.58. The first-order valence-corrected chi connectivity index (χ1v) is 5.56. The number of aliphatic hydroxyl groups is 1. The van der Waals surface area contributed by atoms with Crippen molar-refractivity contribution in [3.8, 4) is 0 Å². The zero-order chi connectivity index (χ0) is 10.6. The van der Waals surface area contributed by atoms with Gasteiger partial charge in [-0.25, -0.2) is 0 Å². The van der Waals surface area contributed by atoms with Crippen molar-refractivity contribution in [1.82, 2.24) is 5.32 Å². The number of aliphatic hydroxyl groups excluding tert-OH is 1. The van der Waals surface area contributed by atoms with E-state index in [0.717, 1.165) is 6.42 Å². The van der Waals surface area contributed by atoms with E-state index in [0.29, 0.717) is 12.6 Å². The Balaban J connectivity index is 2.20. The van der Waals surface area contributed by atoms with Gasteiger partial charge >= 0.3 is 0 Å². The number of rotatable bonds is 7. The quantitative estimate of drug-likeness (QED) is 0.652. The maximum atomic E-state index is 9.31. The van der Waals surface area contributed by atoms with Crippen molar-refractivity contribution in [3.05, 3.63) is 0 Å². The summed E-state index contributed by atoms with van der Waals surface area (Å²) >= 11 is 0. The predicted octanol–water partition coefficient (Wildman–Crippen LogP) is 1.30. The van der Waals surface area contributed by atoms with Crippen LogP contribution in [0.5, 0.6) is 0 Å². The molecule has 0 heterocycles. The second-order valence-corrected chi connectivity index (χ2v) is 4.81. The monoisotopic (exact) mass is 201 g/mol. The van der Waals surface area contributed by atoms with Crippen molar-refractivity contribution < 1.29 is 9.84 Å². The van der Waals surface area contributed by atoms with Crippen molar-refractivity contribution in [2.45, 2.75) is 57.7 Å². The largest absolute Gasteiger partial charge is 0.394 e. The van der Waals surface area contributed by atoms with E-state index < -0.39 is 0 Å². The molecule has 0 radical (unpaired) electrons. The SMILES string of the molecule is CC(C)OCCC(C)(CO)NC1CC1. The smallest absolute Gasteiger partial charge is 0.0611 e. The van der Waals surface area contributed by atoms with Gasteiger partial charge < -0.3 is 15.2 Å². The number of hydrogen-bond acceptors (Lipinski definition) is 3. The van der Waals surface area contributed by atoms with Crippen molar-refractivity contribution in [2.75, 3.05) is 13.2 Å². The molecule has 1 aliphatic carbocycles. The molecule has 3 heteroatoms. The van der Waals surface area contributed by atoms with E-state index in [1.165, 1.54) is 12.8 Å². The molecule has 1 fully saturated rings. The molecule has 1 aliphatic rings. The lowest BCUT2D eigenvalue weighted by Gasteiger charge is -2.29. The molecule has 1 atom stereocenters. The fourth-order valence-corrected chi connectivity index (χ4v) is 1.44. The Morgan fingerprint density at radius 3 is 2.57 bits per heavy atom. The van der Waals surface area contributed by atoms with Crippen molar-refractivity contribution in [2.24, 2.45) is 0 Å². The Hall–Kier alpha value is -0.120. The van der Waals surface area contributed by atoms with Gasteiger partial charge in [0, 0.05) is 18.2 Å². The van der Waals surface area contributed by atoms with Crippen LogP contribution < -0.4 is 5.32 Å². The lowest BCUT2D eigenvalue weighted by Crippen LogP contribution is -2.47. The Kier molecular flexibility index (Phi) is 4.35. The molecule has 0 amide bonds. The van der Waals surface area contributed by atoms with Crippen LogP contribution >= 0.6 is 0 Å². The molecule has 0 aliphatic heterocycles. The molecule has 3 nitrogen and oxygen atoms in total. The van der Waals surface area contributed by atoms with Crippen LogP contribution in [0.15, 0.2) is 0 Å². The highest BCUT2D eigenvalue weighted by Crippen LogP contribution is 2.23. The van der Waals surface area contributed by atoms with Gasteiger partial charge in [0.05, 0.1) is 12.7 Å². The van der Waals surface area contributed by atoms with Crippen molar-refractivity contribution >= 4 is 0 Å². The minimum absolute atomic E-state index is 0.157. The average Bonchev–Trinajstić information content (AvgIpc) is 2.87. The summed E-state index contributed by atoms with van der Waals surface area (Å²) in [5, 5.41) is 12.8. The summed E-state index contributed by atoms with van der Waals surface area (Å²) in [6.45, 7) is 7.03. The normalized spacial score (nSPS) is 21.2. The fourth-order valence-electron chi connectivity index (χ4n) is 1.44. The molecule has 1 unspecified atom stereocenters. The minimum atomic E-state index is -0.157. The van der Waals surface area contributed by atoms with E-state index in [9.17, 15) is 5.11 Å². The maximum Gasteiger partial charge on any atom is 0.0611 e. The van der Waals surface area contributed by atoms with Gasteiger partial charge in [-0.3, -0.25) is 0 Å². The molecule has 0 saturated heterocycles. The van der Waals surface area contributed by atoms with Gasteiger partial charge in [0.1, 0.15) is 0 Å². The summed E-state index contributed by atoms with van der Waals surface area (Å²) in [5.74, 6) is 0. The second-order valence-electron chi connectivity index (χ2n) is 4.81. The highest BCUT2D eigenvalue weighted by molar-refractivity contribution is 4.92. The van der Waals surface area contributed by atoms with Crippen LogP contribution in [0, 0.1) is 0 Å². The zero-order valence-corrected chi connectivity index (χ0v) is 9.55. The van der Waals surface area contributed by atoms with Gasteiger partial charge in [0.25, 0.3) is 0 Å². The zero-order valence-electron chi connectivity index (χ0n) is 9.55. The lowest BCUT2D eigenvalue weighted by molar-refractivity contribution is 0.0497. The summed E-state index contributed by atoms with van der Waals surface area (Å²) in [4.78, 5) is 0. The van der Waals surface area contributed by atoms with E-state index >= 15 is 0 Å². The third kappa shape index (κ3) is 4.40. The van der Waals surface area contributed by atoms with Crippen LogP contribution in [0.1, 0.15) is 40.0 Å². The molecular formula is C11H23NO2. The molecule has 2 N–H and O–H groups in total. The summed E-state index contributed by atoms with van der Waals surface area (Å²) < 4.78 is 5.49. The first-order chi connectivity index (χ1) is 6.56. The Morgan fingerprint density at radius 1 is 1.50 bits per heavy atom. The van der Waals surface area contributed by atoms with Gasteiger partial charge in [-0.2, -0.15) is 0 Å². The van der Waals surface area contributed by atoms with Crippen molar-refractivity contribution in [3.63, 3.8) is 0 Å². The van der Waals surface area contributed by atoms with Crippen LogP contribution in [0.25, 0.3) is 0 Å². The van der Waals surface area contributed by atoms with E-state index in [1.54, 1.807) is 0 Å². The van der Waals surface area contributed by atoms with Crippen LogP contribution in [-0.2, 0) is 4.74 Å². The first kappa shape index (κ1) is 12.0.